The number of nitrogens with zero attached hydrogens (tertiary/aromatic N) is 1. The van der Waals surface area contributed by atoms with Crippen LogP contribution in [0, 0.1) is 5.95 Å². The van der Waals surface area contributed by atoms with Gasteiger partial charge in [0.15, 0.2) is 5.69 Å². The molecule has 0 aliphatic carbocycles. The van der Waals surface area contributed by atoms with Gasteiger partial charge in [0.25, 0.3) is 6.43 Å². The molecule has 0 saturated carbocycles. The second-order valence-corrected chi connectivity index (χ2v) is 3.66. The molecule has 0 saturated heterocycles. The van der Waals surface area contributed by atoms with Crippen LogP contribution in [0.2, 0.25) is 0 Å². The average molecular weight is 301 g/mol. The van der Waals surface area contributed by atoms with Gasteiger partial charge in [0.05, 0.1) is 13.0 Å². The Morgan fingerprint density at radius 3 is 2.45 bits per heavy atom. The van der Waals surface area contributed by atoms with Gasteiger partial charge in [-0.1, -0.05) is 0 Å². The third-order valence-corrected chi connectivity index (χ3v) is 2.22. The highest BCUT2D eigenvalue weighted by atomic mass is 19.4. The molecule has 0 aliphatic rings. The molecule has 0 fully saturated rings. The van der Waals surface area contributed by atoms with Crippen LogP contribution in [0.25, 0.3) is 0 Å². The van der Waals surface area contributed by atoms with Crippen LogP contribution < -0.4 is 0 Å². The Morgan fingerprint density at radius 2 is 2.00 bits per heavy atom. The first-order chi connectivity index (χ1) is 9.16. The zero-order valence-corrected chi connectivity index (χ0v) is 10.1. The minimum absolute atomic E-state index is 0.0315. The van der Waals surface area contributed by atoms with Gasteiger partial charge < -0.3 is 4.74 Å². The van der Waals surface area contributed by atoms with Gasteiger partial charge in [-0.3, -0.25) is 4.79 Å². The van der Waals surface area contributed by atoms with Crippen molar-refractivity contribution >= 4 is 5.97 Å². The fraction of sp³-hybridized carbons (Fsp3) is 0.455. The van der Waals surface area contributed by atoms with Crippen LogP contribution in [0.5, 0.6) is 0 Å². The van der Waals surface area contributed by atoms with Crippen molar-refractivity contribution in [3.05, 3.63) is 28.8 Å². The van der Waals surface area contributed by atoms with Crippen LogP contribution in [0.3, 0.4) is 0 Å². The molecule has 9 heteroatoms. The van der Waals surface area contributed by atoms with E-state index in [0.717, 1.165) is 0 Å². The fourth-order valence-corrected chi connectivity index (χ4v) is 1.44. The molecule has 0 amide bonds. The summed E-state index contributed by atoms with van der Waals surface area (Å²) < 4.78 is 80.3. The molecule has 0 aliphatic heterocycles. The quantitative estimate of drug-likeness (QED) is 0.487. The van der Waals surface area contributed by atoms with Gasteiger partial charge in [-0.25, -0.2) is 13.8 Å². The largest absolute Gasteiger partial charge is 0.466 e. The number of carbonyl (C=O) groups is 1. The van der Waals surface area contributed by atoms with Gasteiger partial charge in [-0.2, -0.15) is 17.6 Å². The van der Waals surface area contributed by atoms with Crippen molar-refractivity contribution in [3.8, 4) is 0 Å². The van der Waals surface area contributed by atoms with E-state index < -0.39 is 47.8 Å². The maximum Gasteiger partial charge on any atom is 0.433 e. The molecule has 1 aromatic rings. The molecular formula is C11H9F6NO2. The highest BCUT2D eigenvalue weighted by Crippen LogP contribution is 2.35. The van der Waals surface area contributed by atoms with Crippen molar-refractivity contribution in [1.29, 1.82) is 0 Å². The molecule has 112 valence electrons. The molecule has 0 aromatic carbocycles. The zero-order valence-electron chi connectivity index (χ0n) is 10.1. The summed E-state index contributed by atoms with van der Waals surface area (Å²) in [4.78, 5) is 13.6. The van der Waals surface area contributed by atoms with E-state index in [-0.39, 0.29) is 12.7 Å². The minimum atomic E-state index is -5.21. The third-order valence-electron chi connectivity index (χ3n) is 2.22. The Labute approximate surface area is 109 Å². The molecule has 20 heavy (non-hydrogen) atoms. The highest BCUT2D eigenvalue weighted by Gasteiger charge is 2.39. The molecule has 0 radical (unpaired) electrons. The molecule has 3 nitrogen and oxygen atoms in total. The number of halogens is 6. The second-order valence-electron chi connectivity index (χ2n) is 3.66. The minimum Gasteiger partial charge on any atom is -0.466 e. The molecule has 1 rings (SSSR count). The van der Waals surface area contributed by atoms with E-state index in [1.807, 2.05) is 0 Å². The first-order valence-electron chi connectivity index (χ1n) is 5.37. The Bertz CT molecular complexity index is 500. The Hall–Kier alpha value is -1.80. The van der Waals surface area contributed by atoms with E-state index in [1.165, 1.54) is 6.92 Å². The van der Waals surface area contributed by atoms with Crippen LogP contribution >= 0.6 is 0 Å². The number of carbonyl (C=O) groups excluding carboxylic acids is 1. The van der Waals surface area contributed by atoms with E-state index in [4.69, 9.17) is 0 Å². The normalized spacial score (nSPS) is 11.8. The van der Waals surface area contributed by atoms with Crippen molar-refractivity contribution in [2.24, 2.45) is 0 Å². The lowest BCUT2D eigenvalue weighted by atomic mass is 10.1. The lowest BCUT2D eigenvalue weighted by Gasteiger charge is -2.13. The van der Waals surface area contributed by atoms with Crippen LogP contribution in [0.1, 0.15) is 30.2 Å². The summed E-state index contributed by atoms with van der Waals surface area (Å²) in [6, 6.07) is 0.284. The standard InChI is InChI=1S/C11H9F6NO2/c1-2-20-7(19)4-5-3-6(9(12)13)8(11(15,16)17)18-10(5)14/h3,9H,2,4H2,1H3. The topological polar surface area (TPSA) is 39.2 Å². The molecule has 0 bridgehead atoms. The van der Waals surface area contributed by atoms with E-state index in [1.54, 1.807) is 0 Å². The molecule has 0 N–H and O–H groups in total. The summed E-state index contributed by atoms with van der Waals surface area (Å²) in [5, 5.41) is 0. The SMILES string of the molecule is CCOC(=O)Cc1cc(C(F)F)c(C(F)(F)F)nc1F. The summed E-state index contributed by atoms with van der Waals surface area (Å²) in [5.74, 6) is -2.58. The Morgan fingerprint density at radius 1 is 1.40 bits per heavy atom. The number of hydrogen-bond donors (Lipinski definition) is 0. The predicted molar refractivity (Wildman–Crippen MR) is 54.5 cm³/mol. The molecule has 0 unspecified atom stereocenters. The summed E-state index contributed by atoms with van der Waals surface area (Å²) in [6.45, 7) is 1.43. The number of ether oxygens (including phenoxy) is 1. The van der Waals surface area contributed by atoms with Crippen molar-refractivity contribution < 1.29 is 35.9 Å². The number of rotatable bonds is 4. The zero-order chi connectivity index (χ0) is 15.5. The van der Waals surface area contributed by atoms with E-state index in [0.29, 0.717) is 0 Å². The maximum atomic E-state index is 13.4. The molecule has 1 heterocycles. The van der Waals surface area contributed by atoms with Gasteiger partial charge >= 0.3 is 12.1 Å². The molecule has 0 spiro atoms. The predicted octanol–water partition coefficient (Wildman–Crippen LogP) is 3.28. The lowest BCUT2D eigenvalue weighted by molar-refractivity contribution is -0.143. The smallest absolute Gasteiger partial charge is 0.433 e. The van der Waals surface area contributed by atoms with Crippen molar-refractivity contribution in [3.63, 3.8) is 0 Å². The number of hydrogen-bond acceptors (Lipinski definition) is 3. The summed E-state index contributed by atoms with van der Waals surface area (Å²) >= 11 is 0. The van der Waals surface area contributed by atoms with Crippen molar-refractivity contribution in [2.75, 3.05) is 6.61 Å². The summed E-state index contributed by atoms with van der Waals surface area (Å²) in [6.07, 6.45) is -9.49. The first-order valence-corrected chi connectivity index (χ1v) is 5.37. The van der Waals surface area contributed by atoms with Crippen LogP contribution in [-0.2, 0) is 22.1 Å². The van der Waals surface area contributed by atoms with Crippen molar-refractivity contribution in [2.45, 2.75) is 25.9 Å². The maximum absolute atomic E-state index is 13.4. The second kappa shape index (κ2) is 6.10. The molecule has 1 aromatic heterocycles. The van der Waals surface area contributed by atoms with Gasteiger partial charge in [0.1, 0.15) is 0 Å². The average Bonchev–Trinajstić information content (AvgIpc) is 2.30. The van der Waals surface area contributed by atoms with Gasteiger partial charge in [0, 0.05) is 11.1 Å². The number of pyridine rings is 1. The van der Waals surface area contributed by atoms with Gasteiger partial charge in [-0.15, -0.1) is 0 Å². The third kappa shape index (κ3) is 3.84. The van der Waals surface area contributed by atoms with Crippen LogP contribution in [0.15, 0.2) is 6.07 Å². The van der Waals surface area contributed by atoms with Crippen LogP contribution in [-0.4, -0.2) is 17.6 Å². The summed E-state index contributed by atoms with van der Waals surface area (Å²) in [7, 11) is 0. The molecule has 0 atom stereocenters. The van der Waals surface area contributed by atoms with Gasteiger partial charge in [-0.05, 0) is 13.0 Å². The van der Waals surface area contributed by atoms with E-state index in [2.05, 4.69) is 9.72 Å². The monoisotopic (exact) mass is 301 g/mol. The molecular weight excluding hydrogens is 292 g/mol. The number of alkyl halides is 5. The lowest BCUT2D eigenvalue weighted by Crippen LogP contribution is -2.17. The fourth-order valence-electron chi connectivity index (χ4n) is 1.44. The Kier molecular flexibility index (Phi) is 4.96. The number of aromatic nitrogens is 1. The highest BCUT2D eigenvalue weighted by molar-refractivity contribution is 5.72. The first kappa shape index (κ1) is 16.3. The van der Waals surface area contributed by atoms with E-state index >= 15 is 0 Å². The van der Waals surface area contributed by atoms with E-state index in [9.17, 15) is 31.1 Å². The van der Waals surface area contributed by atoms with Crippen LogP contribution in [0.4, 0.5) is 26.3 Å². The number of esters is 1. The summed E-state index contributed by atoms with van der Waals surface area (Å²) in [5.41, 5.74) is -4.15. The Balaban J connectivity index is 3.24. The van der Waals surface area contributed by atoms with Gasteiger partial charge in [0.2, 0.25) is 5.95 Å². The van der Waals surface area contributed by atoms with Crippen molar-refractivity contribution in [1.82, 2.24) is 4.98 Å².